The monoisotopic (exact) mass is 286 g/mol. The number of nitrogens with one attached hydrogen (secondary N) is 1. The van der Waals surface area contributed by atoms with Crippen LogP contribution < -0.4 is 10.1 Å². The molecule has 1 heterocycles. The Labute approximate surface area is 121 Å². The van der Waals surface area contributed by atoms with Gasteiger partial charge in [-0.15, -0.1) is 0 Å². The number of carbonyl (C=O) groups is 2. The highest BCUT2D eigenvalue weighted by molar-refractivity contribution is 5.90. The minimum absolute atomic E-state index is 0.0270. The van der Waals surface area contributed by atoms with Crippen LogP contribution in [0.5, 0.6) is 5.75 Å². The Morgan fingerprint density at radius 1 is 1.19 bits per heavy atom. The second-order valence-corrected chi connectivity index (χ2v) is 4.23. The molecule has 0 fully saturated rings. The number of carboxylic acid groups (broad SMARTS) is 1. The molecule has 2 aromatic rings. The number of benzene rings is 1. The quantitative estimate of drug-likeness (QED) is 0.839. The first-order valence-corrected chi connectivity index (χ1v) is 6.27. The maximum Gasteiger partial charge on any atom is 0.339 e. The summed E-state index contributed by atoms with van der Waals surface area (Å²) in [5.74, 6) is -1.39. The van der Waals surface area contributed by atoms with Gasteiger partial charge in [-0.25, -0.2) is 4.79 Å². The number of carboxylic acids is 1. The molecular formula is C15H14N2O4. The van der Waals surface area contributed by atoms with Crippen molar-refractivity contribution in [2.45, 2.75) is 6.54 Å². The number of rotatable bonds is 6. The van der Waals surface area contributed by atoms with Crippen LogP contribution in [-0.4, -0.2) is 28.6 Å². The zero-order valence-corrected chi connectivity index (χ0v) is 11.2. The number of aromatic nitrogens is 1. The number of nitrogens with zero attached hydrogens (tertiary/aromatic N) is 1. The molecular weight excluding hydrogens is 272 g/mol. The smallest absolute Gasteiger partial charge is 0.339 e. The van der Waals surface area contributed by atoms with Crippen LogP contribution in [0.15, 0.2) is 48.8 Å². The molecule has 0 bridgehead atoms. The first-order valence-electron chi connectivity index (χ1n) is 6.27. The van der Waals surface area contributed by atoms with Crippen molar-refractivity contribution in [1.29, 1.82) is 0 Å². The lowest BCUT2D eigenvalue weighted by atomic mass is 10.2. The minimum Gasteiger partial charge on any atom is -0.481 e. The van der Waals surface area contributed by atoms with Gasteiger partial charge in [-0.3, -0.25) is 9.78 Å². The molecule has 0 aliphatic rings. The maximum absolute atomic E-state index is 11.7. The molecule has 0 atom stereocenters. The lowest BCUT2D eigenvalue weighted by molar-refractivity contribution is -0.123. The fraction of sp³-hybridized carbons (Fsp3) is 0.133. The van der Waals surface area contributed by atoms with Gasteiger partial charge in [0.05, 0.1) is 6.20 Å². The molecule has 0 radical (unpaired) electrons. The summed E-state index contributed by atoms with van der Waals surface area (Å²) in [6.07, 6.45) is 2.62. The van der Waals surface area contributed by atoms with E-state index in [-0.39, 0.29) is 23.8 Å². The van der Waals surface area contributed by atoms with E-state index in [0.717, 1.165) is 5.56 Å². The standard InChI is InChI=1S/C15H14N2O4/c18-14(17-8-11-4-2-1-3-5-11)10-21-13-9-16-7-6-12(13)15(19)20/h1-7,9H,8,10H2,(H,17,18)(H,19,20). The Kier molecular flexibility index (Phi) is 4.87. The second kappa shape index (κ2) is 7.04. The molecule has 6 heteroatoms. The Morgan fingerprint density at radius 2 is 1.95 bits per heavy atom. The first-order chi connectivity index (χ1) is 10.2. The Balaban J connectivity index is 1.86. The molecule has 0 aliphatic carbocycles. The van der Waals surface area contributed by atoms with Gasteiger partial charge in [0.15, 0.2) is 12.4 Å². The van der Waals surface area contributed by atoms with Crippen LogP contribution in [0, 0.1) is 0 Å². The molecule has 6 nitrogen and oxygen atoms in total. The summed E-state index contributed by atoms with van der Waals surface area (Å²) in [5, 5.41) is 11.7. The lowest BCUT2D eigenvalue weighted by Gasteiger charge is -2.09. The molecule has 0 saturated carbocycles. The Bertz CT molecular complexity index is 629. The summed E-state index contributed by atoms with van der Waals surface area (Å²) in [6, 6.07) is 10.8. The Morgan fingerprint density at radius 3 is 2.67 bits per heavy atom. The third-order valence-corrected chi connectivity index (χ3v) is 2.71. The average molecular weight is 286 g/mol. The van der Waals surface area contributed by atoms with Crippen LogP contribution >= 0.6 is 0 Å². The zero-order valence-electron chi connectivity index (χ0n) is 11.2. The van der Waals surface area contributed by atoms with E-state index in [9.17, 15) is 9.59 Å². The van der Waals surface area contributed by atoms with Crippen molar-refractivity contribution in [2.24, 2.45) is 0 Å². The van der Waals surface area contributed by atoms with E-state index in [4.69, 9.17) is 9.84 Å². The van der Waals surface area contributed by atoms with E-state index in [2.05, 4.69) is 10.3 Å². The first kappa shape index (κ1) is 14.5. The molecule has 0 spiro atoms. The number of ether oxygens (including phenoxy) is 1. The predicted octanol–water partition coefficient (Wildman–Crippen LogP) is 1.47. The molecule has 21 heavy (non-hydrogen) atoms. The third-order valence-electron chi connectivity index (χ3n) is 2.71. The SMILES string of the molecule is O=C(COc1cnccc1C(=O)O)NCc1ccccc1. The molecule has 1 aromatic carbocycles. The van der Waals surface area contributed by atoms with Gasteiger partial charge in [-0.2, -0.15) is 0 Å². The highest BCUT2D eigenvalue weighted by Crippen LogP contribution is 2.15. The van der Waals surface area contributed by atoms with Crippen molar-refractivity contribution in [3.05, 3.63) is 59.9 Å². The molecule has 2 N–H and O–H groups in total. The minimum atomic E-state index is -1.13. The fourth-order valence-electron chi connectivity index (χ4n) is 1.66. The van der Waals surface area contributed by atoms with Gasteiger partial charge >= 0.3 is 5.97 Å². The second-order valence-electron chi connectivity index (χ2n) is 4.23. The summed E-state index contributed by atoms with van der Waals surface area (Å²) in [7, 11) is 0. The molecule has 1 aromatic heterocycles. The number of amides is 1. The highest BCUT2D eigenvalue weighted by Gasteiger charge is 2.12. The van der Waals surface area contributed by atoms with E-state index in [1.165, 1.54) is 18.5 Å². The van der Waals surface area contributed by atoms with Gasteiger partial charge in [0, 0.05) is 12.7 Å². The molecule has 0 aliphatic heterocycles. The van der Waals surface area contributed by atoms with Crippen LogP contribution in [0.4, 0.5) is 0 Å². The highest BCUT2D eigenvalue weighted by atomic mass is 16.5. The van der Waals surface area contributed by atoms with E-state index in [1.54, 1.807) is 0 Å². The summed E-state index contributed by atoms with van der Waals surface area (Å²) >= 11 is 0. The summed E-state index contributed by atoms with van der Waals surface area (Å²) in [6.45, 7) is 0.126. The van der Waals surface area contributed by atoms with Crippen molar-refractivity contribution >= 4 is 11.9 Å². The zero-order chi connectivity index (χ0) is 15.1. The topological polar surface area (TPSA) is 88.5 Å². The molecule has 108 valence electrons. The molecule has 2 rings (SSSR count). The van der Waals surface area contributed by atoms with Crippen molar-refractivity contribution < 1.29 is 19.4 Å². The normalized spacial score (nSPS) is 9.90. The van der Waals surface area contributed by atoms with Crippen LogP contribution in [0.1, 0.15) is 15.9 Å². The van der Waals surface area contributed by atoms with E-state index < -0.39 is 5.97 Å². The van der Waals surface area contributed by atoms with Gasteiger partial charge in [0.2, 0.25) is 0 Å². The van der Waals surface area contributed by atoms with E-state index >= 15 is 0 Å². The molecule has 0 unspecified atom stereocenters. The Hall–Kier alpha value is -2.89. The number of hydrogen-bond acceptors (Lipinski definition) is 4. The largest absolute Gasteiger partial charge is 0.481 e. The van der Waals surface area contributed by atoms with Crippen molar-refractivity contribution in [3.8, 4) is 5.75 Å². The van der Waals surface area contributed by atoms with Crippen LogP contribution in [-0.2, 0) is 11.3 Å². The van der Waals surface area contributed by atoms with Crippen molar-refractivity contribution in [2.75, 3.05) is 6.61 Å². The van der Waals surface area contributed by atoms with Gasteiger partial charge < -0.3 is 15.2 Å². The summed E-state index contributed by atoms with van der Waals surface area (Å²) in [5.41, 5.74) is 0.944. The number of carbonyl (C=O) groups excluding carboxylic acids is 1. The van der Waals surface area contributed by atoms with Crippen LogP contribution in [0.25, 0.3) is 0 Å². The number of aromatic carboxylic acids is 1. The average Bonchev–Trinajstić information content (AvgIpc) is 2.52. The van der Waals surface area contributed by atoms with Gasteiger partial charge in [0.1, 0.15) is 5.56 Å². The fourth-order valence-corrected chi connectivity index (χ4v) is 1.66. The lowest BCUT2D eigenvalue weighted by Crippen LogP contribution is -2.28. The van der Waals surface area contributed by atoms with Gasteiger partial charge in [0.25, 0.3) is 5.91 Å². The van der Waals surface area contributed by atoms with Crippen LogP contribution in [0.2, 0.25) is 0 Å². The predicted molar refractivity (Wildman–Crippen MR) is 75.0 cm³/mol. The van der Waals surface area contributed by atoms with Gasteiger partial charge in [-0.1, -0.05) is 30.3 Å². The number of pyridine rings is 1. The van der Waals surface area contributed by atoms with Crippen molar-refractivity contribution in [3.63, 3.8) is 0 Å². The van der Waals surface area contributed by atoms with Gasteiger partial charge in [-0.05, 0) is 11.6 Å². The van der Waals surface area contributed by atoms with Crippen molar-refractivity contribution in [1.82, 2.24) is 10.3 Å². The summed E-state index contributed by atoms with van der Waals surface area (Å²) < 4.78 is 5.19. The molecule has 0 saturated heterocycles. The van der Waals surface area contributed by atoms with E-state index in [0.29, 0.717) is 6.54 Å². The van der Waals surface area contributed by atoms with E-state index in [1.807, 2.05) is 30.3 Å². The third kappa shape index (κ3) is 4.31. The number of hydrogen-bond donors (Lipinski definition) is 2. The molecule has 1 amide bonds. The van der Waals surface area contributed by atoms with Crippen LogP contribution in [0.3, 0.4) is 0 Å². The maximum atomic E-state index is 11.7. The summed E-state index contributed by atoms with van der Waals surface area (Å²) in [4.78, 5) is 26.4.